The van der Waals surface area contributed by atoms with Crippen molar-refractivity contribution in [3.63, 3.8) is 0 Å². The van der Waals surface area contributed by atoms with Crippen molar-refractivity contribution in [2.45, 2.75) is 32.1 Å². The summed E-state index contributed by atoms with van der Waals surface area (Å²) < 4.78 is 10.5. The van der Waals surface area contributed by atoms with E-state index in [1.165, 1.54) is 6.42 Å². The van der Waals surface area contributed by atoms with Gasteiger partial charge in [0.1, 0.15) is 5.75 Å². The summed E-state index contributed by atoms with van der Waals surface area (Å²) in [4.78, 5) is 18.9. The van der Waals surface area contributed by atoms with Crippen molar-refractivity contribution >= 4 is 22.9 Å². The molecule has 0 bridgehead atoms. The minimum atomic E-state index is -0.164. The van der Waals surface area contributed by atoms with Gasteiger partial charge in [0.05, 0.1) is 17.7 Å². The Kier molecular flexibility index (Phi) is 4.46. The number of carbonyl (C=O) groups is 1. The minimum Gasteiger partial charge on any atom is -0.497 e. The Bertz CT molecular complexity index is 926. The smallest absolute Gasteiger partial charge is 0.255 e. The van der Waals surface area contributed by atoms with E-state index in [-0.39, 0.29) is 5.91 Å². The van der Waals surface area contributed by atoms with Crippen molar-refractivity contribution in [3.05, 3.63) is 46.7 Å². The van der Waals surface area contributed by atoms with Gasteiger partial charge < -0.3 is 14.6 Å². The number of methoxy groups -OCH3 is 1. The SMILES string of the molecule is COc1ccc(C(=O)Nc2cc(-c3noc(C4CCC4)n3)sc2C)cc1. The van der Waals surface area contributed by atoms with Crippen LogP contribution >= 0.6 is 11.3 Å². The molecule has 0 aliphatic heterocycles. The van der Waals surface area contributed by atoms with Crippen molar-refractivity contribution in [1.82, 2.24) is 10.1 Å². The first-order chi connectivity index (χ1) is 12.6. The number of nitrogens with one attached hydrogen (secondary N) is 1. The lowest BCUT2D eigenvalue weighted by atomic mass is 9.85. The molecule has 7 heteroatoms. The number of aromatic nitrogens is 2. The van der Waals surface area contributed by atoms with Crippen LogP contribution in [0.2, 0.25) is 0 Å². The molecular weight excluding hydrogens is 350 g/mol. The number of amides is 1. The molecule has 0 atom stereocenters. The van der Waals surface area contributed by atoms with E-state index in [1.807, 2.05) is 13.0 Å². The number of ether oxygens (including phenoxy) is 1. The lowest BCUT2D eigenvalue weighted by Gasteiger charge is -2.20. The van der Waals surface area contributed by atoms with E-state index in [0.717, 1.165) is 39.9 Å². The van der Waals surface area contributed by atoms with Gasteiger partial charge >= 0.3 is 0 Å². The first kappa shape index (κ1) is 16.8. The van der Waals surface area contributed by atoms with Crippen molar-refractivity contribution < 1.29 is 14.1 Å². The van der Waals surface area contributed by atoms with E-state index in [4.69, 9.17) is 9.26 Å². The van der Waals surface area contributed by atoms with E-state index < -0.39 is 0 Å². The molecule has 0 saturated heterocycles. The first-order valence-corrected chi connectivity index (χ1v) is 9.35. The van der Waals surface area contributed by atoms with Gasteiger partial charge in [-0.25, -0.2) is 0 Å². The predicted octanol–water partition coefficient (Wildman–Crippen LogP) is 4.63. The molecule has 0 unspecified atom stereocenters. The summed E-state index contributed by atoms with van der Waals surface area (Å²) >= 11 is 1.54. The van der Waals surface area contributed by atoms with Crippen LogP contribution in [0.4, 0.5) is 5.69 Å². The predicted molar refractivity (Wildman–Crippen MR) is 99.9 cm³/mol. The first-order valence-electron chi connectivity index (χ1n) is 8.54. The monoisotopic (exact) mass is 369 g/mol. The highest BCUT2D eigenvalue weighted by Crippen LogP contribution is 2.38. The number of hydrogen-bond acceptors (Lipinski definition) is 6. The zero-order valence-electron chi connectivity index (χ0n) is 14.6. The van der Waals surface area contributed by atoms with Crippen LogP contribution in [0.25, 0.3) is 10.7 Å². The molecule has 26 heavy (non-hydrogen) atoms. The summed E-state index contributed by atoms with van der Waals surface area (Å²) in [5.41, 5.74) is 1.34. The van der Waals surface area contributed by atoms with Crippen LogP contribution in [-0.4, -0.2) is 23.2 Å². The summed E-state index contributed by atoms with van der Waals surface area (Å²) in [7, 11) is 1.60. The van der Waals surface area contributed by atoms with E-state index in [0.29, 0.717) is 17.3 Å². The Morgan fingerprint density at radius 1 is 1.31 bits per heavy atom. The normalized spacial score (nSPS) is 14.1. The summed E-state index contributed by atoms with van der Waals surface area (Å²) in [5.74, 6) is 2.27. The number of benzene rings is 1. The van der Waals surface area contributed by atoms with Crippen molar-refractivity contribution in [2.24, 2.45) is 0 Å². The summed E-state index contributed by atoms with van der Waals surface area (Å²) in [6.07, 6.45) is 3.46. The summed E-state index contributed by atoms with van der Waals surface area (Å²) in [6, 6.07) is 8.91. The number of thiophene rings is 1. The molecule has 1 aliphatic carbocycles. The molecule has 1 aromatic carbocycles. The molecule has 1 N–H and O–H groups in total. The van der Waals surface area contributed by atoms with Gasteiger partial charge in [-0.2, -0.15) is 4.98 Å². The van der Waals surface area contributed by atoms with Gasteiger partial charge in [0.2, 0.25) is 11.7 Å². The zero-order valence-corrected chi connectivity index (χ0v) is 15.4. The van der Waals surface area contributed by atoms with Gasteiger partial charge in [-0.15, -0.1) is 11.3 Å². The van der Waals surface area contributed by atoms with Crippen LogP contribution in [-0.2, 0) is 0 Å². The Balaban J connectivity index is 1.50. The highest BCUT2D eigenvalue weighted by Gasteiger charge is 2.26. The highest BCUT2D eigenvalue weighted by molar-refractivity contribution is 7.16. The van der Waals surface area contributed by atoms with Gasteiger partial charge in [-0.1, -0.05) is 11.6 Å². The van der Waals surface area contributed by atoms with E-state index in [1.54, 1.807) is 42.7 Å². The Morgan fingerprint density at radius 3 is 2.73 bits per heavy atom. The fraction of sp³-hybridized carbons (Fsp3) is 0.316. The van der Waals surface area contributed by atoms with Crippen molar-refractivity contribution in [2.75, 3.05) is 12.4 Å². The summed E-state index contributed by atoms with van der Waals surface area (Å²) in [6.45, 7) is 1.96. The maximum atomic E-state index is 12.5. The molecule has 0 spiro atoms. The minimum absolute atomic E-state index is 0.164. The van der Waals surface area contributed by atoms with Gasteiger partial charge in [-0.05, 0) is 50.1 Å². The number of anilines is 1. The molecule has 0 radical (unpaired) electrons. The molecule has 1 amide bonds. The molecule has 1 saturated carbocycles. The van der Waals surface area contributed by atoms with Gasteiger partial charge in [-0.3, -0.25) is 4.79 Å². The molecule has 1 aliphatic rings. The molecule has 6 nitrogen and oxygen atoms in total. The molecule has 1 fully saturated rings. The third kappa shape index (κ3) is 3.22. The quantitative estimate of drug-likeness (QED) is 0.709. The van der Waals surface area contributed by atoms with Crippen molar-refractivity contribution in [1.29, 1.82) is 0 Å². The second-order valence-corrected chi connectivity index (χ2v) is 7.60. The number of nitrogens with zero attached hydrogens (tertiary/aromatic N) is 2. The third-order valence-corrected chi connectivity index (χ3v) is 5.68. The fourth-order valence-electron chi connectivity index (χ4n) is 2.81. The van der Waals surface area contributed by atoms with Crippen LogP contribution in [0.5, 0.6) is 5.75 Å². The lowest BCUT2D eigenvalue weighted by molar-refractivity contribution is 0.102. The van der Waals surface area contributed by atoms with Gasteiger partial charge in [0, 0.05) is 16.4 Å². The second kappa shape index (κ2) is 6.92. The molecule has 134 valence electrons. The van der Waals surface area contributed by atoms with Crippen LogP contribution in [0.3, 0.4) is 0 Å². The van der Waals surface area contributed by atoms with E-state index in [2.05, 4.69) is 15.5 Å². The molecular formula is C19H19N3O3S. The van der Waals surface area contributed by atoms with Crippen LogP contribution in [0, 0.1) is 6.92 Å². The number of rotatable bonds is 5. The maximum absolute atomic E-state index is 12.5. The molecule has 4 rings (SSSR count). The van der Waals surface area contributed by atoms with Crippen LogP contribution in [0.15, 0.2) is 34.9 Å². The molecule has 2 aromatic heterocycles. The lowest BCUT2D eigenvalue weighted by Crippen LogP contribution is -2.11. The standard InChI is InChI=1S/C19H19N3O3S/c1-11-15(20-18(23)12-6-8-14(24-2)9-7-12)10-16(26-11)17-21-19(25-22-17)13-4-3-5-13/h6-10,13H,3-5H2,1-2H3,(H,20,23). The van der Waals surface area contributed by atoms with Crippen molar-refractivity contribution in [3.8, 4) is 16.5 Å². The third-order valence-electron chi connectivity index (χ3n) is 4.63. The fourth-order valence-corrected chi connectivity index (χ4v) is 3.71. The van der Waals surface area contributed by atoms with Gasteiger partial charge in [0.15, 0.2) is 0 Å². The second-order valence-electron chi connectivity index (χ2n) is 6.35. The Labute approximate surface area is 155 Å². The molecule has 2 heterocycles. The van der Waals surface area contributed by atoms with Crippen LogP contribution in [0.1, 0.15) is 46.3 Å². The highest BCUT2D eigenvalue weighted by atomic mass is 32.1. The van der Waals surface area contributed by atoms with Crippen LogP contribution < -0.4 is 10.1 Å². The summed E-state index contributed by atoms with van der Waals surface area (Å²) in [5, 5.41) is 7.05. The largest absolute Gasteiger partial charge is 0.497 e. The Hall–Kier alpha value is -2.67. The number of hydrogen-bond donors (Lipinski definition) is 1. The van der Waals surface area contributed by atoms with E-state index >= 15 is 0 Å². The molecule has 3 aromatic rings. The average Bonchev–Trinajstić information content (AvgIpc) is 3.21. The zero-order chi connectivity index (χ0) is 18.1. The number of carbonyl (C=O) groups excluding carboxylic acids is 1. The van der Waals surface area contributed by atoms with Gasteiger partial charge in [0.25, 0.3) is 5.91 Å². The Morgan fingerprint density at radius 2 is 2.08 bits per heavy atom. The average molecular weight is 369 g/mol. The maximum Gasteiger partial charge on any atom is 0.255 e. The van der Waals surface area contributed by atoms with E-state index in [9.17, 15) is 4.79 Å². The topological polar surface area (TPSA) is 77.2 Å². The number of aryl methyl sites for hydroxylation is 1.